The minimum absolute atomic E-state index is 0.841. The van der Waals surface area contributed by atoms with Gasteiger partial charge in [0, 0.05) is 0 Å². The molecule has 57 valence electrons. The Labute approximate surface area is 64.3 Å². The number of hydrogen-bond donors (Lipinski definition) is 0. The number of allylic oxidation sites excluding steroid dienone is 2. The van der Waals surface area contributed by atoms with Crippen molar-refractivity contribution in [3.8, 4) is 0 Å². The highest BCUT2D eigenvalue weighted by molar-refractivity contribution is 4.91. The summed E-state index contributed by atoms with van der Waals surface area (Å²) >= 11 is 0. The fourth-order valence-electron chi connectivity index (χ4n) is 1.67. The Morgan fingerprint density at radius 2 is 1.80 bits per heavy atom. The molecule has 0 N–H and O–H groups in total. The maximum atomic E-state index is 3.72. The van der Waals surface area contributed by atoms with E-state index in [1.807, 2.05) is 6.08 Å². The van der Waals surface area contributed by atoms with Crippen LogP contribution in [0.1, 0.15) is 32.6 Å². The van der Waals surface area contributed by atoms with E-state index >= 15 is 0 Å². The van der Waals surface area contributed by atoms with Gasteiger partial charge in [0.15, 0.2) is 0 Å². The topological polar surface area (TPSA) is 0 Å². The summed E-state index contributed by atoms with van der Waals surface area (Å²) in [6, 6.07) is 0. The van der Waals surface area contributed by atoms with Gasteiger partial charge < -0.3 is 0 Å². The lowest BCUT2D eigenvalue weighted by Crippen LogP contribution is -2.09. The molecule has 0 spiro atoms. The van der Waals surface area contributed by atoms with E-state index in [1.165, 1.54) is 25.7 Å². The molecule has 0 nitrogen and oxygen atoms in total. The third-order valence-corrected chi connectivity index (χ3v) is 2.47. The molecule has 0 heteroatoms. The van der Waals surface area contributed by atoms with Crippen LogP contribution in [0, 0.1) is 18.8 Å². The van der Waals surface area contributed by atoms with Crippen molar-refractivity contribution in [1.82, 2.24) is 0 Å². The molecule has 0 heterocycles. The molecule has 1 saturated carbocycles. The van der Waals surface area contributed by atoms with E-state index in [4.69, 9.17) is 0 Å². The molecule has 0 bridgehead atoms. The van der Waals surface area contributed by atoms with E-state index in [0.29, 0.717) is 0 Å². The highest BCUT2D eigenvalue weighted by Gasteiger charge is 2.14. The maximum Gasteiger partial charge on any atom is -0.0233 e. The van der Waals surface area contributed by atoms with Gasteiger partial charge in [0.1, 0.15) is 0 Å². The van der Waals surface area contributed by atoms with Crippen LogP contribution >= 0.6 is 0 Å². The van der Waals surface area contributed by atoms with Crippen molar-refractivity contribution in [2.45, 2.75) is 32.6 Å². The molecule has 0 aromatic heterocycles. The third-order valence-electron chi connectivity index (χ3n) is 2.47. The fourth-order valence-corrected chi connectivity index (χ4v) is 1.67. The monoisotopic (exact) mass is 137 g/mol. The molecule has 10 heavy (non-hydrogen) atoms. The molecule has 0 atom stereocenters. The van der Waals surface area contributed by atoms with Gasteiger partial charge in [-0.3, -0.25) is 0 Å². The highest BCUT2D eigenvalue weighted by Crippen LogP contribution is 2.28. The molecule has 0 amide bonds. The summed E-state index contributed by atoms with van der Waals surface area (Å²) in [5.74, 6) is 1.81. The smallest absolute Gasteiger partial charge is 0.0233 e. The lowest BCUT2D eigenvalue weighted by Gasteiger charge is -2.23. The lowest BCUT2D eigenvalue weighted by atomic mass is 9.83. The van der Waals surface area contributed by atoms with Crippen molar-refractivity contribution in [2.24, 2.45) is 11.8 Å². The molecule has 0 saturated heterocycles. The second-order valence-corrected chi connectivity index (χ2v) is 3.45. The Balaban J connectivity index is 2.26. The normalized spacial score (nSPS) is 35.0. The first kappa shape index (κ1) is 7.84. The Bertz CT molecular complexity index is 105. The van der Waals surface area contributed by atoms with Crippen LogP contribution in [-0.2, 0) is 0 Å². The zero-order chi connectivity index (χ0) is 7.40. The molecule has 1 aliphatic rings. The average Bonchev–Trinajstić information content (AvgIpc) is 1.95. The number of rotatable bonds is 1. The molecule has 1 aliphatic carbocycles. The van der Waals surface area contributed by atoms with Crippen molar-refractivity contribution < 1.29 is 0 Å². The number of hydrogen-bond acceptors (Lipinski definition) is 0. The fraction of sp³-hybridized carbons (Fsp3) is 0.700. The predicted octanol–water partition coefficient (Wildman–Crippen LogP) is 3.20. The highest BCUT2D eigenvalue weighted by atomic mass is 14.2. The summed E-state index contributed by atoms with van der Waals surface area (Å²) in [6.45, 7) is 6.07. The first-order valence-corrected chi connectivity index (χ1v) is 4.29. The van der Waals surface area contributed by atoms with E-state index in [9.17, 15) is 0 Å². The summed E-state index contributed by atoms with van der Waals surface area (Å²) < 4.78 is 0. The van der Waals surface area contributed by atoms with E-state index in [2.05, 4.69) is 19.9 Å². The van der Waals surface area contributed by atoms with Gasteiger partial charge in [-0.25, -0.2) is 0 Å². The van der Waals surface area contributed by atoms with Gasteiger partial charge in [0.2, 0.25) is 0 Å². The first-order valence-electron chi connectivity index (χ1n) is 4.29. The Morgan fingerprint density at radius 3 is 2.30 bits per heavy atom. The van der Waals surface area contributed by atoms with Gasteiger partial charge in [-0.1, -0.05) is 31.9 Å². The maximum absolute atomic E-state index is 3.72. The van der Waals surface area contributed by atoms with Crippen LogP contribution in [0.4, 0.5) is 0 Å². The minimum atomic E-state index is 0.841. The van der Waals surface area contributed by atoms with Crippen LogP contribution in [0.25, 0.3) is 0 Å². The molecular weight excluding hydrogens is 120 g/mol. The van der Waals surface area contributed by atoms with E-state index in [-0.39, 0.29) is 0 Å². The van der Waals surface area contributed by atoms with Crippen molar-refractivity contribution in [1.29, 1.82) is 0 Å². The zero-order valence-electron chi connectivity index (χ0n) is 6.84. The van der Waals surface area contributed by atoms with Crippen LogP contribution in [0.5, 0.6) is 0 Å². The van der Waals surface area contributed by atoms with Crippen LogP contribution in [0.2, 0.25) is 0 Å². The van der Waals surface area contributed by atoms with Crippen molar-refractivity contribution in [3.05, 3.63) is 19.1 Å². The molecule has 1 radical (unpaired) electrons. The molecule has 0 unspecified atom stereocenters. The summed E-state index contributed by atoms with van der Waals surface area (Å²) in [5, 5.41) is 0. The summed E-state index contributed by atoms with van der Waals surface area (Å²) in [4.78, 5) is 0. The molecule has 0 aromatic rings. The van der Waals surface area contributed by atoms with Crippen molar-refractivity contribution in [2.75, 3.05) is 0 Å². The zero-order valence-corrected chi connectivity index (χ0v) is 6.84. The van der Waals surface area contributed by atoms with E-state index in [0.717, 1.165) is 11.8 Å². The van der Waals surface area contributed by atoms with Crippen LogP contribution in [-0.4, -0.2) is 0 Å². The summed E-state index contributed by atoms with van der Waals surface area (Å²) in [6.07, 6.45) is 9.79. The Kier molecular flexibility index (Phi) is 2.98. The predicted molar refractivity (Wildman–Crippen MR) is 45.6 cm³/mol. The van der Waals surface area contributed by atoms with Gasteiger partial charge in [-0.15, -0.1) is 0 Å². The lowest BCUT2D eigenvalue weighted by molar-refractivity contribution is 0.330. The van der Waals surface area contributed by atoms with Gasteiger partial charge in [0.25, 0.3) is 0 Å². The van der Waals surface area contributed by atoms with E-state index < -0.39 is 0 Å². The molecular formula is C10H17. The van der Waals surface area contributed by atoms with Crippen LogP contribution < -0.4 is 0 Å². The molecule has 0 aliphatic heterocycles. The van der Waals surface area contributed by atoms with Gasteiger partial charge in [0.05, 0.1) is 0 Å². The van der Waals surface area contributed by atoms with Crippen molar-refractivity contribution in [3.63, 3.8) is 0 Å². The quantitative estimate of drug-likeness (QED) is 0.520. The van der Waals surface area contributed by atoms with Crippen LogP contribution in [0.3, 0.4) is 0 Å². The Hall–Kier alpha value is -0.260. The SMILES string of the molecule is [CH2]C=CC1CCC(C)CC1. The Morgan fingerprint density at radius 1 is 1.20 bits per heavy atom. The van der Waals surface area contributed by atoms with Gasteiger partial charge in [-0.05, 0) is 31.6 Å². The average molecular weight is 137 g/mol. The second kappa shape index (κ2) is 3.80. The molecule has 1 fully saturated rings. The second-order valence-electron chi connectivity index (χ2n) is 3.45. The van der Waals surface area contributed by atoms with Crippen LogP contribution in [0.15, 0.2) is 12.2 Å². The minimum Gasteiger partial charge on any atom is -0.0880 e. The van der Waals surface area contributed by atoms with Crippen molar-refractivity contribution >= 4 is 0 Å². The standard InChI is InChI=1S/C10H17/c1-3-4-10-7-5-9(2)6-8-10/h3-4,9-10H,1,5-8H2,2H3. The van der Waals surface area contributed by atoms with Gasteiger partial charge in [-0.2, -0.15) is 0 Å². The van der Waals surface area contributed by atoms with Gasteiger partial charge >= 0.3 is 0 Å². The molecule has 0 aromatic carbocycles. The molecule has 1 rings (SSSR count). The third kappa shape index (κ3) is 2.17. The summed E-state index contributed by atoms with van der Waals surface area (Å²) in [5.41, 5.74) is 0. The summed E-state index contributed by atoms with van der Waals surface area (Å²) in [7, 11) is 0. The largest absolute Gasteiger partial charge is 0.0880 e. The first-order chi connectivity index (χ1) is 4.83. The van der Waals surface area contributed by atoms with E-state index in [1.54, 1.807) is 0 Å².